The Labute approximate surface area is 118 Å². The summed E-state index contributed by atoms with van der Waals surface area (Å²) in [7, 11) is 0. The van der Waals surface area contributed by atoms with Crippen LogP contribution in [0.5, 0.6) is 5.75 Å². The summed E-state index contributed by atoms with van der Waals surface area (Å²) in [5.41, 5.74) is 6.15. The fourth-order valence-electron chi connectivity index (χ4n) is 1.39. The molecule has 0 fully saturated rings. The maximum atomic E-state index is 11.5. The molecular formula is C14H21N3O3. The average molecular weight is 279 g/mol. The van der Waals surface area contributed by atoms with Gasteiger partial charge in [-0.25, -0.2) is 4.79 Å². The van der Waals surface area contributed by atoms with Crippen molar-refractivity contribution in [3.05, 3.63) is 24.3 Å². The first kappa shape index (κ1) is 15.8. The lowest BCUT2D eigenvalue weighted by Crippen LogP contribution is -2.42. The highest BCUT2D eigenvalue weighted by molar-refractivity contribution is 5.94. The number of hydrogen-bond acceptors (Lipinski definition) is 4. The molecule has 0 spiro atoms. The van der Waals surface area contributed by atoms with Gasteiger partial charge in [-0.05, 0) is 36.6 Å². The number of imide groups is 1. The zero-order chi connectivity index (χ0) is 15.0. The summed E-state index contributed by atoms with van der Waals surface area (Å²) in [5.74, 6) is 0.526. The van der Waals surface area contributed by atoms with E-state index in [1.165, 1.54) is 0 Å². The van der Waals surface area contributed by atoms with Crippen molar-refractivity contribution in [1.29, 1.82) is 0 Å². The van der Waals surface area contributed by atoms with Crippen LogP contribution in [0.3, 0.4) is 0 Å². The van der Waals surface area contributed by atoms with E-state index >= 15 is 0 Å². The molecule has 0 bridgehead atoms. The van der Waals surface area contributed by atoms with Crippen LogP contribution >= 0.6 is 0 Å². The molecular weight excluding hydrogens is 258 g/mol. The number of nitrogen functional groups attached to an aromatic ring is 1. The second-order valence-corrected chi connectivity index (χ2v) is 4.84. The first-order chi connectivity index (χ1) is 9.47. The van der Waals surface area contributed by atoms with Crippen LogP contribution in [0.2, 0.25) is 0 Å². The van der Waals surface area contributed by atoms with Gasteiger partial charge in [0.2, 0.25) is 0 Å². The van der Waals surface area contributed by atoms with Crippen molar-refractivity contribution >= 4 is 17.6 Å². The van der Waals surface area contributed by atoms with Crippen LogP contribution in [-0.2, 0) is 4.79 Å². The summed E-state index contributed by atoms with van der Waals surface area (Å²) in [4.78, 5) is 22.8. The molecule has 6 heteroatoms. The Morgan fingerprint density at radius 2 is 1.90 bits per heavy atom. The van der Waals surface area contributed by atoms with Crippen molar-refractivity contribution in [2.45, 2.75) is 20.3 Å². The fraction of sp³-hybridized carbons (Fsp3) is 0.429. The lowest BCUT2D eigenvalue weighted by atomic mass is 10.1. The number of benzene rings is 1. The van der Waals surface area contributed by atoms with E-state index in [2.05, 4.69) is 24.5 Å². The number of nitrogens with one attached hydrogen (secondary N) is 2. The molecule has 1 rings (SSSR count). The van der Waals surface area contributed by atoms with Gasteiger partial charge in [-0.2, -0.15) is 0 Å². The minimum atomic E-state index is -0.503. The van der Waals surface area contributed by atoms with Crippen molar-refractivity contribution < 1.29 is 14.3 Å². The molecule has 4 N–H and O–H groups in total. The SMILES string of the molecule is CC(C)CCNC(=O)NC(=O)COc1ccc(N)cc1. The molecule has 0 heterocycles. The molecule has 0 aliphatic carbocycles. The molecule has 0 radical (unpaired) electrons. The minimum absolute atomic E-state index is 0.221. The van der Waals surface area contributed by atoms with E-state index < -0.39 is 11.9 Å². The number of rotatable bonds is 6. The van der Waals surface area contributed by atoms with Crippen LogP contribution in [0.15, 0.2) is 24.3 Å². The Morgan fingerprint density at radius 1 is 1.25 bits per heavy atom. The molecule has 20 heavy (non-hydrogen) atoms. The number of nitrogens with two attached hydrogens (primary N) is 1. The van der Waals surface area contributed by atoms with E-state index in [1.54, 1.807) is 24.3 Å². The first-order valence-corrected chi connectivity index (χ1v) is 6.53. The molecule has 0 saturated carbocycles. The topological polar surface area (TPSA) is 93.5 Å². The molecule has 1 aromatic rings. The van der Waals surface area contributed by atoms with Gasteiger partial charge in [0.05, 0.1) is 0 Å². The van der Waals surface area contributed by atoms with Gasteiger partial charge >= 0.3 is 6.03 Å². The van der Waals surface area contributed by atoms with Crippen molar-refractivity contribution in [3.8, 4) is 5.75 Å². The Kier molecular flexibility index (Phi) is 6.36. The van der Waals surface area contributed by atoms with Crippen molar-refractivity contribution in [2.75, 3.05) is 18.9 Å². The Balaban J connectivity index is 2.22. The third-order valence-corrected chi connectivity index (χ3v) is 2.51. The molecule has 0 unspecified atom stereocenters. The lowest BCUT2D eigenvalue weighted by Gasteiger charge is -2.09. The van der Waals surface area contributed by atoms with Crippen molar-refractivity contribution in [1.82, 2.24) is 10.6 Å². The molecule has 3 amide bonds. The minimum Gasteiger partial charge on any atom is -0.484 e. The van der Waals surface area contributed by atoms with E-state index in [9.17, 15) is 9.59 Å². The first-order valence-electron chi connectivity index (χ1n) is 6.53. The number of carbonyl (C=O) groups is 2. The molecule has 6 nitrogen and oxygen atoms in total. The monoisotopic (exact) mass is 279 g/mol. The van der Waals surface area contributed by atoms with Gasteiger partial charge in [0.25, 0.3) is 5.91 Å². The number of ether oxygens (including phenoxy) is 1. The maximum absolute atomic E-state index is 11.5. The van der Waals surface area contributed by atoms with Gasteiger partial charge in [0, 0.05) is 12.2 Å². The summed E-state index contributed by atoms with van der Waals surface area (Å²) < 4.78 is 5.22. The van der Waals surface area contributed by atoms with Crippen LogP contribution in [-0.4, -0.2) is 25.1 Å². The second kappa shape index (κ2) is 8.04. The Hall–Kier alpha value is -2.24. The number of amides is 3. The number of hydrogen-bond donors (Lipinski definition) is 3. The largest absolute Gasteiger partial charge is 0.484 e. The highest BCUT2D eigenvalue weighted by atomic mass is 16.5. The van der Waals surface area contributed by atoms with Gasteiger partial charge in [-0.1, -0.05) is 13.8 Å². The summed E-state index contributed by atoms with van der Waals surface area (Å²) in [6.07, 6.45) is 0.865. The van der Waals surface area contributed by atoms with Crippen molar-refractivity contribution in [3.63, 3.8) is 0 Å². The predicted octanol–water partition coefficient (Wildman–Crippen LogP) is 1.52. The Morgan fingerprint density at radius 3 is 2.50 bits per heavy atom. The van der Waals surface area contributed by atoms with Gasteiger partial charge in [0.15, 0.2) is 6.61 Å². The number of anilines is 1. The zero-order valence-electron chi connectivity index (χ0n) is 11.8. The predicted molar refractivity (Wildman–Crippen MR) is 77.3 cm³/mol. The second-order valence-electron chi connectivity index (χ2n) is 4.84. The van der Waals surface area contributed by atoms with Crippen LogP contribution in [0.4, 0.5) is 10.5 Å². The quantitative estimate of drug-likeness (QED) is 0.688. The van der Waals surface area contributed by atoms with E-state index in [-0.39, 0.29) is 6.61 Å². The van der Waals surface area contributed by atoms with Gasteiger partial charge in [-0.3, -0.25) is 10.1 Å². The van der Waals surface area contributed by atoms with Gasteiger partial charge < -0.3 is 15.8 Å². The fourth-order valence-corrected chi connectivity index (χ4v) is 1.39. The smallest absolute Gasteiger partial charge is 0.321 e. The summed E-state index contributed by atoms with van der Waals surface area (Å²) >= 11 is 0. The van der Waals surface area contributed by atoms with E-state index in [0.717, 1.165) is 6.42 Å². The third-order valence-electron chi connectivity index (χ3n) is 2.51. The maximum Gasteiger partial charge on any atom is 0.321 e. The van der Waals surface area contributed by atoms with Crippen LogP contribution < -0.4 is 21.1 Å². The number of urea groups is 1. The molecule has 0 saturated heterocycles. The highest BCUT2D eigenvalue weighted by Gasteiger charge is 2.08. The normalized spacial score (nSPS) is 10.2. The van der Waals surface area contributed by atoms with Crippen LogP contribution in [0, 0.1) is 5.92 Å². The van der Waals surface area contributed by atoms with Gasteiger partial charge in [0.1, 0.15) is 5.75 Å². The summed E-state index contributed by atoms with van der Waals surface area (Å²) in [6, 6.07) is 6.16. The van der Waals surface area contributed by atoms with Crippen molar-refractivity contribution in [2.24, 2.45) is 5.92 Å². The lowest BCUT2D eigenvalue weighted by molar-refractivity contribution is -0.122. The average Bonchev–Trinajstić information content (AvgIpc) is 2.37. The molecule has 110 valence electrons. The van der Waals surface area contributed by atoms with Crippen LogP contribution in [0.1, 0.15) is 20.3 Å². The standard InChI is InChI=1S/C14H21N3O3/c1-10(2)7-8-16-14(19)17-13(18)9-20-12-5-3-11(15)4-6-12/h3-6,10H,7-9,15H2,1-2H3,(H2,16,17,18,19). The van der Waals surface area contributed by atoms with Crippen LogP contribution in [0.25, 0.3) is 0 Å². The molecule has 0 aromatic heterocycles. The van der Waals surface area contributed by atoms with E-state index in [1.807, 2.05) is 0 Å². The zero-order valence-corrected chi connectivity index (χ0v) is 11.8. The van der Waals surface area contributed by atoms with E-state index in [4.69, 9.17) is 10.5 Å². The number of carbonyl (C=O) groups excluding carboxylic acids is 2. The van der Waals surface area contributed by atoms with Gasteiger partial charge in [-0.15, -0.1) is 0 Å². The molecule has 0 aliphatic rings. The summed E-state index contributed by atoms with van der Waals surface area (Å²) in [5, 5.41) is 4.80. The third kappa shape index (κ3) is 6.63. The highest BCUT2D eigenvalue weighted by Crippen LogP contribution is 2.12. The summed E-state index contributed by atoms with van der Waals surface area (Å²) in [6.45, 7) is 4.44. The molecule has 0 aliphatic heterocycles. The van der Waals surface area contributed by atoms with E-state index in [0.29, 0.717) is 23.9 Å². The molecule has 1 aromatic carbocycles. The Bertz CT molecular complexity index is 443. The molecule has 0 atom stereocenters.